The molecule has 24 heavy (non-hydrogen) atoms. The number of para-hydroxylation sites is 1. The van der Waals surface area contributed by atoms with Crippen LogP contribution in [0.2, 0.25) is 11.1 Å². The summed E-state index contributed by atoms with van der Waals surface area (Å²) in [5, 5.41) is 9.97. The first-order valence-corrected chi connectivity index (χ1v) is 10.5. The second kappa shape index (κ2) is 7.91. The third-order valence-corrected chi connectivity index (χ3v) is 9.04. The Morgan fingerprint density at radius 3 is 1.88 bits per heavy atom. The third-order valence-electron chi connectivity index (χ3n) is 4.32. The van der Waals surface area contributed by atoms with Gasteiger partial charge in [0.1, 0.15) is 5.75 Å². The van der Waals surface area contributed by atoms with Gasteiger partial charge in [-0.3, -0.25) is 0 Å². The van der Waals surface area contributed by atoms with Crippen LogP contribution >= 0.6 is 0 Å². The van der Waals surface area contributed by atoms with Crippen molar-refractivity contribution in [3.05, 3.63) is 65.7 Å². The molecule has 2 heteroatoms. The fraction of sp³-hybridized carbons (Fsp3) is 0.273. The minimum Gasteiger partial charge on any atom is -0.507 e. The molecule has 1 nitrogen and oxygen atoms in total. The lowest BCUT2D eigenvalue weighted by Gasteiger charge is -2.28. The van der Waals surface area contributed by atoms with Crippen LogP contribution in [0.15, 0.2) is 54.6 Å². The first-order chi connectivity index (χ1) is 11.5. The topological polar surface area (TPSA) is 20.2 Å². The lowest BCUT2D eigenvalue weighted by Crippen LogP contribution is -2.39. The molecule has 0 atom stereocenters. The van der Waals surface area contributed by atoms with Crippen LogP contribution in [0.3, 0.4) is 0 Å². The lowest BCUT2D eigenvalue weighted by atomic mass is 10.2. The molecule has 0 unspecified atom stereocenters. The van der Waals surface area contributed by atoms with E-state index in [0.717, 1.165) is 5.56 Å². The molecule has 0 fully saturated rings. The van der Waals surface area contributed by atoms with Gasteiger partial charge in [-0.1, -0.05) is 69.9 Å². The molecule has 2 aromatic carbocycles. The maximum atomic E-state index is 9.97. The third kappa shape index (κ3) is 4.10. The van der Waals surface area contributed by atoms with Gasteiger partial charge in [0.25, 0.3) is 0 Å². The SMILES string of the molecule is CC(C)[Si](C#Cc1ccccc1)(C#Cc1ccccc1O)C(C)C. The number of aromatic hydroxyl groups is 1. The highest BCUT2D eigenvalue weighted by Crippen LogP contribution is 2.31. The molecular formula is C22H24OSi. The predicted molar refractivity (Wildman–Crippen MR) is 104 cm³/mol. The van der Waals surface area contributed by atoms with Gasteiger partial charge in [0, 0.05) is 5.56 Å². The van der Waals surface area contributed by atoms with E-state index < -0.39 is 8.07 Å². The highest BCUT2D eigenvalue weighted by atomic mass is 28.3. The van der Waals surface area contributed by atoms with Crippen molar-refractivity contribution >= 4 is 8.07 Å². The van der Waals surface area contributed by atoms with Gasteiger partial charge in [0.05, 0.1) is 5.56 Å². The van der Waals surface area contributed by atoms with E-state index in [2.05, 4.69) is 50.6 Å². The molecular weight excluding hydrogens is 308 g/mol. The van der Waals surface area contributed by atoms with Crippen LogP contribution in [0.1, 0.15) is 38.8 Å². The molecule has 0 saturated heterocycles. The van der Waals surface area contributed by atoms with Gasteiger partial charge in [-0.15, -0.1) is 11.1 Å². The van der Waals surface area contributed by atoms with Crippen LogP contribution in [0, 0.1) is 22.9 Å². The van der Waals surface area contributed by atoms with Crippen molar-refractivity contribution in [2.24, 2.45) is 0 Å². The van der Waals surface area contributed by atoms with Crippen molar-refractivity contribution in [2.45, 2.75) is 38.8 Å². The zero-order chi connectivity index (χ0) is 17.6. The Hall–Kier alpha value is -2.42. The number of hydrogen-bond acceptors (Lipinski definition) is 1. The van der Waals surface area contributed by atoms with E-state index >= 15 is 0 Å². The molecule has 0 aliphatic heterocycles. The maximum absolute atomic E-state index is 9.97. The average molecular weight is 333 g/mol. The van der Waals surface area contributed by atoms with Gasteiger partial charge >= 0.3 is 0 Å². The monoisotopic (exact) mass is 332 g/mol. The Morgan fingerprint density at radius 1 is 0.750 bits per heavy atom. The summed E-state index contributed by atoms with van der Waals surface area (Å²) in [4.78, 5) is 0. The molecule has 0 radical (unpaired) electrons. The molecule has 0 saturated carbocycles. The van der Waals surface area contributed by atoms with Crippen LogP contribution in [-0.4, -0.2) is 13.2 Å². The summed E-state index contributed by atoms with van der Waals surface area (Å²) in [6.45, 7) is 8.85. The van der Waals surface area contributed by atoms with E-state index in [9.17, 15) is 5.11 Å². The number of phenolic OH excluding ortho intramolecular Hbond substituents is 1. The van der Waals surface area contributed by atoms with Crippen molar-refractivity contribution in [3.8, 4) is 28.7 Å². The summed E-state index contributed by atoms with van der Waals surface area (Å²) >= 11 is 0. The second-order valence-electron chi connectivity index (χ2n) is 6.56. The predicted octanol–water partition coefficient (Wildman–Crippen LogP) is 5.14. The minimum atomic E-state index is -2.17. The van der Waals surface area contributed by atoms with Crippen molar-refractivity contribution in [1.29, 1.82) is 0 Å². The van der Waals surface area contributed by atoms with E-state index in [0.29, 0.717) is 16.6 Å². The van der Waals surface area contributed by atoms with Crippen molar-refractivity contribution in [3.63, 3.8) is 0 Å². The van der Waals surface area contributed by atoms with Crippen molar-refractivity contribution < 1.29 is 5.11 Å². The summed E-state index contributed by atoms with van der Waals surface area (Å²) in [6.07, 6.45) is 0. The molecule has 0 bridgehead atoms. The van der Waals surface area contributed by atoms with Crippen molar-refractivity contribution in [2.75, 3.05) is 0 Å². The molecule has 2 aromatic rings. The molecule has 122 valence electrons. The van der Waals surface area contributed by atoms with Gasteiger partial charge in [-0.2, -0.15) is 0 Å². The molecule has 0 aliphatic rings. The molecule has 0 spiro atoms. The van der Waals surface area contributed by atoms with E-state index in [4.69, 9.17) is 0 Å². The quantitative estimate of drug-likeness (QED) is 0.596. The number of rotatable bonds is 2. The zero-order valence-electron chi connectivity index (χ0n) is 14.8. The van der Waals surface area contributed by atoms with Gasteiger partial charge in [0.2, 0.25) is 8.07 Å². The molecule has 0 heterocycles. The minimum absolute atomic E-state index is 0.233. The highest BCUT2D eigenvalue weighted by Gasteiger charge is 2.37. The van der Waals surface area contributed by atoms with E-state index in [-0.39, 0.29) is 5.75 Å². The Morgan fingerprint density at radius 2 is 1.29 bits per heavy atom. The molecule has 1 N–H and O–H groups in total. The van der Waals surface area contributed by atoms with E-state index in [1.54, 1.807) is 6.07 Å². The van der Waals surface area contributed by atoms with E-state index in [1.165, 1.54) is 0 Å². The number of phenols is 1. The largest absolute Gasteiger partial charge is 0.507 e. The zero-order valence-corrected chi connectivity index (χ0v) is 15.8. The Labute approximate surface area is 146 Å². The van der Waals surface area contributed by atoms with Crippen LogP contribution in [0.25, 0.3) is 0 Å². The Balaban J connectivity index is 2.50. The highest BCUT2D eigenvalue weighted by molar-refractivity contribution is 6.96. The van der Waals surface area contributed by atoms with Crippen molar-refractivity contribution in [1.82, 2.24) is 0 Å². The summed E-state index contributed by atoms with van der Waals surface area (Å²) in [6, 6.07) is 17.3. The maximum Gasteiger partial charge on any atom is 0.222 e. The normalized spacial score (nSPS) is 10.8. The summed E-state index contributed by atoms with van der Waals surface area (Å²) in [5.41, 5.74) is 9.61. The fourth-order valence-corrected chi connectivity index (χ4v) is 5.97. The van der Waals surface area contributed by atoms with Gasteiger partial charge in [0.15, 0.2) is 0 Å². The lowest BCUT2D eigenvalue weighted by molar-refractivity contribution is 0.473. The standard InChI is InChI=1S/C22H24OSi/c1-18(2)24(19(3)4,16-14-20-10-6-5-7-11-20)17-15-21-12-8-9-13-22(21)23/h5-13,18-19,23H,1-4H3. The smallest absolute Gasteiger partial charge is 0.222 e. The molecule has 0 aromatic heterocycles. The van der Waals surface area contributed by atoms with Gasteiger partial charge in [-0.25, -0.2) is 0 Å². The molecule has 0 amide bonds. The summed E-state index contributed by atoms with van der Waals surface area (Å²) in [5.74, 6) is 6.79. The van der Waals surface area contributed by atoms with Crippen LogP contribution in [-0.2, 0) is 0 Å². The first kappa shape index (κ1) is 17.9. The number of benzene rings is 2. The van der Waals surface area contributed by atoms with Crippen LogP contribution in [0.4, 0.5) is 0 Å². The number of hydrogen-bond donors (Lipinski definition) is 1. The second-order valence-corrected chi connectivity index (χ2v) is 11.1. The molecule has 2 rings (SSSR count). The van der Waals surface area contributed by atoms with Crippen LogP contribution < -0.4 is 0 Å². The van der Waals surface area contributed by atoms with Crippen LogP contribution in [0.5, 0.6) is 5.75 Å². The Bertz CT molecular complexity index is 790. The molecule has 0 aliphatic carbocycles. The summed E-state index contributed by atoms with van der Waals surface area (Å²) in [7, 11) is -2.17. The van der Waals surface area contributed by atoms with Gasteiger partial charge < -0.3 is 5.11 Å². The van der Waals surface area contributed by atoms with Gasteiger partial charge in [-0.05, 0) is 35.3 Å². The first-order valence-electron chi connectivity index (χ1n) is 8.35. The Kier molecular flexibility index (Phi) is 5.91. The fourth-order valence-electron chi connectivity index (χ4n) is 2.72. The summed E-state index contributed by atoms with van der Waals surface area (Å²) < 4.78 is 0. The average Bonchev–Trinajstić information content (AvgIpc) is 2.57. The van der Waals surface area contributed by atoms with E-state index in [1.807, 2.05) is 48.5 Å².